The van der Waals surface area contributed by atoms with Crippen LogP contribution < -0.4 is 5.56 Å². The number of aliphatic hydroxyl groups is 1. The number of likely N-dealkylation sites (tertiary alicyclic amines) is 1. The lowest BCUT2D eigenvalue weighted by atomic mass is 10.0. The van der Waals surface area contributed by atoms with Gasteiger partial charge in [0.05, 0.1) is 17.8 Å². The van der Waals surface area contributed by atoms with Crippen molar-refractivity contribution in [2.75, 3.05) is 6.54 Å². The Labute approximate surface area is 145 Å². The Bertz CT molecular complexity index is 913. The molecular weight excluding hydrogens is 320 g/mol. The van der Waals surface area contributed by atoms with Crippen molar-refractivity contribution >= 4 is 16.9 Å². The molecule has 1 saturated carbocycles. The van der Waals surface area contributed by atoms with Crippen molar-refractivity contribution < 1.29 is 9.90 Å². The molecule has 25 heavy (non-hydrogen) atoms. The number of hydrogen-bond donors (Lipinski definition) is 2. The van der Waals surface area contributed by atoms with Gasteiger partial charge < -0.3 is 15.0 Å². The summed E-state index contributed by atoms with van der Waals surface area (Å²) >= 11 is 0. The van der Waals surface area contributed by atoms with Crippen molar-refractivity contribution in [1.82, 2.24) is 19.7 Å². The van der Waals surface area contributed by atoms with Crippen LogP contribution in [0.5, 0.6) is 0 Å². The van der Waals surface area contributed by atoms with E-state index in [1.54, 1.807) is 4.68 Å². The lowest BCUT2D eigenvalue weighted by Crippen LogP contribution is -2.44. The molecule has 2 bridgehead atoms. The van der Waals surface area contributed by atoms with Crippen LogP contribution in [-0.2, 0) is 18.3 Å². The zero-order valence-electron chi connectivity index (χ0n) is 14.9. The number of aryl methyl sites for hydroxylation is 3. The van der Waals surface area contributed by atoms with E-state index in [0.717, 1.165) is 41.7 Å². The second-order valence-electron chi connectivity index (χ2n) is 7.51. The van der Waals surface area contributed by atoms with Crippen molar-refractivity contribution in [1.29, 1.82) is 0 Å². The van der Waals surface area contributed by atoms with Gasteiger partial charge in [-0.1, -0.05) is 0 Å². The van der Waals surface area contributed by atoms with Crippen molar-refractivity contribution in [3.8, 4) is 0 Å². The molecule has 0 spiro atoms. The number of carbonyl (C=O) groups is 1. The Hall–Kier alpha value is -2.15. The number of aliphatic hydroxyl groups excluding tert-OH is 1. The van der Waals surface area contributed by atoms with E-state index in [1.807, 2.05) is 25.8 Å². The summed E-state index contributed by atoms with van der Waals surface area (Å²) in [6, 6.07) is -0.0278. The van der Waals surface area contributed by atoms with E-state index in [-0.39, 0.29) is 23.6 Å². The monoisotopic (exact) mass is 344 g/mol. The van der Waals surface area contributed by atoms with Gasteiger partial charge >= 0.3 is 0 Å². The molecular formula is C18H24N4O3. The predicted molar refractivity (Wildman–Crippen MR) is 93.4 cm³/mol. The summed E-state index contributed by atoms with van der Waals surface area (Å²) in [6.07, 6.45) is 2.04. The summed E-state index contributed by atoms with van der Waals surface area (Å²) in [6.45, 7) is 4.59. The predicted octanol–water partition coefficient (Wildman–Crippen LogP) is 0.793. The van der Waals surface area contributed by atoms with Crippen molar-refractivity contribution in [2.45, 2.75) is 51.7 Å². The number of fused-ring (bicyclic) bond motifs is 3. The van der Waals surface area contributed by atoms with Crippen LogP contribution in [0.3, 0.4) is 0 Å². The SMILES string of the molecule is Cc1nn(C)c2[nH]c(=O)c(CCC(=O)N3C[C@@H]4C[C@@H](O)[C@H]3C4)c(C)c12. The van der Waals surface area contributed by atoms with Crippen molar-refractivity contribution in [3.05, 3.63) is 27.2 Å². The molecule has 2 aromatic rings. The molecule has 3 heterocycles. The zero-order chi connectivity index (χ0) is 17.9. The molecule has 134 valence electrons. The molecule has 4 rings (SSSR count). The number of H-pyrrole nitrogens is 1. The molecule has 0 aromatic carbocycles. The fourth-order valence-electron chi connectivity index (χ4n) is 4.71. The van der Waals surface area contributed by atoms with Crippen LogP contribution in [0.15, 0.2) is 4.79 Å². The molecule has 1 saturated heterocycles. The first kappa shape index (κ1) is 16.3. The van der Waals surface area contributed by atoms with Gasteiger partial charge in [-0.05, 0) is 44.6 Å². The first-order valence-electron chi connectivity index (χ1n) is 8.89. The number of aromatic nitrogens is 3. The molecule has 0 unspecified atom stereocenters. The van der Waals surface area contributed by atoms with Gasteiger partial charge in [-0.3, -0.25) is 14.3 Å². The van der Waals surface area contributed by atoms with Crippen LogP contribution in [0.4, 0.5) is 0 Å². The topological polar surface area (TPSA) is 91.2 Å². The molecule has 0 radical (unpaired) electrons. The van der Waals surface area contributed by atoms with Gasteiger partial charge in [-0.25, -0.2) is 0 Å². The zero-order valence-corrected chi connectivity index (χ0v) is 14.9. The third kappa shape index (κ3) is 2.49. The Morgan fingerprint density at radius 2 is 2.12 bits per heavy atom. The van der Waals surface area contributed by atoms with Gasteiger partial charge in [0.15, 0.2) is 0 Å². The van der Waals surface area contributed by atoms with Gasteiger partial charge in [0.2, 0.25) is 5.91 Å². The minimum atomic E-state index is -0.387. The maximum atomic E-state index is 12.6. The molecule has 2 aliphatic rings. The standard InChI is InChI=1S/C18H24N4O3/c1-9-12(18(25)19-17-16(9)10(2)20-21(17)3)4-5-15(24)22-8-11-6-13(22)14(23)7-11/h11,13-14,23H,4-8H2,1-3H3,(H,19,25)/t11-,13+,14+/m0/s1. The number of piperidine rings is 1. The first-order chi connectivity index (χ1) is 11.9. The normalized spacial score (nSPS) is 25.3. The van der Waals surface area contributed by atoms with Crippen LogP contribution >= 0.6 is 0 Å². The summed E-state index contributed by atoms with van der Waals surface area (Å²) in [5.41, 5.74) is 3.00. The van der Waals surface area contributed by atoms with E-state index < -0.39 is 0 Å². The Balaban J connectivity index is 1.56. The summed E-state index contributed by atoms with van der Waals surface area (Å²) in [7, 11) is 1.81. The van der Waals surface area contributed by atoms with Crippen LogP contribution in [0.1, 0.15) is 36.1 Å². The summed E-state index contributed by atoms with van der Waals surface area (Å²) < 4.78 is 1.68. The van der Waals surface area contributed by atoms with Crippen molar-refractivity contribution in [2.24, 2.45) is 13.0 Å². The highest BCUT2D eigenvalue weighted by Crippen LogP contribution is 2.38. The van der Waals surface area contributed by atoms with E-state index >= 15 is 0 Å². The Morgan fingerprint density at radius 1 is 1.36 bits per heavy atom. The average molecular weight is 344 g/mol. The number of rotatable bonds is 3. The first-order valence-corrected chi connectivity index (χ1v) is 8.89. The number of nitrogens with zero attached hydrogens (tertiary/aromatic N) is 3. The summed E-state index contributed by atoms with van der Waals surface area (Å²) in [5, 5.41) is 15.3. The quantitative estimate of drug-likeness (QED) is 0.861. The highest BCUT2D eigenvalue weighted by Gasteiger charge is 2.45. The van der Waals surface area contributed by atoms with Crippen LogP contribution in [0.2, 0.25) is 0 Å². The van der Waals surface area contributed by atoms with E-state index in [1.165, 1.54) is 0 Å². The molecule has 1 aliphatic carbocycles. The molecule has 7 heteroatoms. The van der Waals surface area contributed by atoms with Crippen LogP contribution in [0, 0.1) is 19.8 Å². The van der Waals surface area contributed by atoms with E-state index in [2.05, 4.69) is 10.1 Å². The van der Waals surface area contributed by atoms with E-state index in [0.29, 0.717) is 24.3 Å². The van der Waals surface area contributed by atoms with Gasteiger partial charge in [-0.15, -0.1) is 0 Å². The van der Waals surface area contributed by atoms with Crippen LogP contribution in [-0.4, -0.2) is 49.4 Å². The fraction of sp³-hybridized carbons (Fsp3) is 0.611. The van der Waals surface area contributed by atoms with E-state index in [4.69, 9.17) is 0 Å². The van der Waals surface area contributed by atoms with Crippen molar-refractivity contribution in [3.63, 3.8) is 0 Å². The van der Waals surface area contributed by atoms with Crippen LogP contribution in [0.25, 0.3) is 11.0 Å². The third-order valence-electron chi connectivity index (χ3n) is 5.91. The second-order valence-corrected chi connectivity index (χ2v) is 7.51. The largest absolute Gasteiger partial charge is 0.391 e. The number of nitrogens with one attached hydrogen (secondary N) is 1. The minimum absolute atomic E-state index is 0.0278. The molecule has 2 aromatic heterocycles. The Kier molecular flexibility index (Phi) is 3.72. The Morgan fingerprint density at radius 3 is 2.80 bits per heavy atom. The number of carbonyl (C=O) groups excluding carboxylic acids is 1. The smallest absolute Gasteiger partial charge is 0.253 e. The highest BCUT2D eigenvalue weighted by atomic mass is 16.3. The van der Waals surface area contributed by atoms with Gasteiger partial charge in [0.25, 0.3) is 5.56 Å². The maximum absolute atomic E-state index is 12.6. The highest BCUT2D eigenvalue weighted by molar-refractivity contribution is 5.83. The van der Waals surface area contributed by atoms with Gasteiger partial charge in [-0.2, -0.15) is 5.10 Å². The number of amides is 1. The van der Waals surface area contributed by atoms with E-state index in [9.17, 15) is 14.7 Å². The van der Waals surface area contributed by atoms with Gasteiger partial charge in [0.1, 0.15) is 5.65 Å². The fourth-order valence-corrected chi connectivity index (χ4v) is 4.71. The number of aromatic amines is 1. The van der Waals surface area contributed by atoms with Gasteiger partial charge in [0, 0.05) is 31.0 Å². The molecule has 2 fully saturated rings. The molecule has 7 nitrogen and oxygen atoms in total. The molecule has 2 N–H and O–H groups in total. The second kappa shape index (κ2) is 5.69. The summed E-state index contributed by atoms with van der Waals surface area (Å²) in [5.74, 6) is 0.469. The molecule has 1 aliphatic heterocycles. The number of hydrogen-bond acceptors (Lipinski definition) is 4. The number of pyridine rings is 1. The minimum Gasteiger partial charge on any atom is -0.391 e. The maximum Gasteiger partial charge on any atom is 0.253 e. The molecule has 1 amide bonds. The summed E-state index contributed by atoms with van der Waals surface area (Å²) in [4.78, 5) is 29.8. The lowest BCUT2D eigenvalue weighted by Gasteiger charge is -2.30. The molecule has 3 atom stereocenters. The third-order valence-corrected chi connectivity index (χ3v) is 5.91. The lowest BCUT2D eigenvalue weighted by molar-refractivity contribution is -0.135. The average Bonchev–Trinajstić information content (AvgIpc) is 3.19.